The van der Waals surface area contributed by atoms with Gasteiger partial charge in [-0.3, -0.25) is 0 Å². The zero-order chi connectivity index (χ0) is 19.2. The minimum Gasteiger partial charge on any atom is -0.454 e. The zero-order valence-electron chi connectivity index (χ0n) is 15.8. The minimum absolute atomic E-state index is 0.274. The normalized spacial score (nSPS) is 12.6. The fraction of sp³-hybridized carbons (Fsp3) is 0.0370. The van der Waals surface area contributed by atoms with Crippen LogP contribution in [0.1, 0.15) is 0 Å². The van der Waals surface area contributed by atoms with Crippen molar-refractivity contribution in [1.82, 2.24) is 0 Å². The van der Waals surface area contributed by atoms with Gasteiger partial charge in [0.2, 0.25) is 6.79 Å². The van der Waals surface area contributed by atoms with Crippen LogP contribution < -0.4 is 9.47 Å². The van der Waals surface area contributed by atoms with Crippen molar-refractivity contribution in [2.24, 2.45) is 0 Å². The SMILES string of the molecule is c1ccc(-c2c(-c3ccccc3)c3cc4c(cc3c3ccccc23)OCO4)cc1. The highest BCUT2D eigenvalue weighted by molar-refractivity contribution is 6.22. The molecule has 29 heavy (non-hydrogen) atoms. The first kappa shape index (κ1) is 16.2. The zero-order valence-corrected chi connectivity index (χ0v) is 15.8. The lowest BCUT2D eigenvalue weighted by Crippen LogP contribution is -1.92. The molecule has 5 aromatic rings. The number of fused-ring (bicyclic) bond motifs is 4. The van der Waals surface area contributed by atoms with Crippen LogP contribution in [0.3, 0.4) is 0 Å². The molecule has 2 heteroatoms. The van der Waals surface area contributed by atoms with Crippen LogP contribution >= 0.6 is 0 Å². The lowest BCUT2D eigenvalue weighted by Gasteiger charge is -2.19. The van der Waals surface area contributed by atoms with Gasteiger partial charge in [0.15, 0.2) is 11.5 Å². The number of rotatable bonds is 2. The molecule has 0 saturated heterocycles. The lowest BCUT2D eigenvalue weighted by molar-refractivity contribution is 0.174. The Morgan fingerprint density at radius 1 is 0.448 bits per heavy atom. The molecule has 0 amide bonds. The molecule has 0 fully saturated rings. The van der Waals surface area contributed by atoms with Crippen molar-refractivity contribution >= 4 is 21.5 Å². The minimum atomic E-state index is 0.274. The van der Waals surface area contributed by atoms with Crippen LogP contribution in [-0.2, 0) is 0 Å². The van der Waals surface area contributed by atoms with Gasteiger partial charge in [-0.2, -0.15) is 0 Å². The highest BCUT2D eigenvalue weighted by Crippen LogP contribution is 2.47. The van der Waals surface area contributed by atoms with Gasteiger partial charge in [0.25, 0.3) is 0 Å². The fourth-order valence-corrected chi connectivity index (χ4v) is 4.39. The summed E-state index contributed by atoms with van der Waals surface area (Å²) in [6.07, 6.45) is 0. The van der Waals surface area contributed by atoms with Crippen molar-refractivity contribution in [2.45, 2.75) is 0 Å². The quantitative estimate of drug-likeness (QED) is 0.308. The van der Waals surface area contributed by atoms with E-state index in [2.05, 4.69) is 97.1 Å². The Labute approximate surface area is 168 Å². The third-order valence-corrected chi connectivity index (χ3v) is 5.64. The van der Waals surface area contributed by atoms with Crippen molar-refractivity contribution in [3.05, 3.63) is 97.1 Å². The summed E-state index contributed by atoms with van der Waals surface area (Å²) < 4.78 is 11.4. The lowest BCUT2D eigenvalue weighted by atomic mass is 9.85. The monoisotopic (exact) mass is 374 g/mol. The molecule has 2 nitrogen and oxygen atoms in total. The number of ether oxygens (including phenoxy) is 2. The molecule has 0 saturated carbocycles. The smallest absolute Gasteiger partial charge is 0.231 e. The standard InChI is InChI=1S/C27H18O2/c1-3-9-18(10-4-1)26-21-14-8-7-13-20(21)22-15-24-25(29-17-28-24)16-23(22)27(26)19-11-5-2-6-12-19/h1-16H,17H2. The Bertz CT molecular complexity index is 1360. The molecule has 1 aliphatic rings. The number of hydrogen-bond acceptors (Lipinski definition) is 2. The molecule has 0 aliphatic carbocycles. The van der Waals surface area contributed by atoms with Crippen LogP contribution in [-0.4, -0.2) is 6.79 Å². The molecule has 0 radical (unpaired) electrons. The van der Waals surface area contributed by atoms with E-state index in [-0.39, 0.29) is 6.79 Å². The third kappa shape index (κ3) is 2.50. The number of hydrogen-bond donors (Lipinski definition) is 0. The molecule has 1 heterocycles. The Hall–Kier alpha value is -3.78. The van der Waals surface area contributed by atoms with Gasteiger partial charge in [-0.15, -0.1) is 0 Å². The predicted molar refractivity (Wildman–Crippen MR) is 118 cm³/mol. The van der Waals surface area contributed by atoms with E-state index in [1.54, 1.807) is 0 Å². The van der Waals surface area contributed by atoms with Gasteiger partial charge in [-0.05, 0) is 55.9 Å². The average molecular weight is 374 g/mol. The van der Waals surface area contributed by atoms with Crippen LogP contribution in [0.2, 0.25) is 0 Å². The van der Waals surface area contributed by atoms with E-state index in [9.17, 15) is 0 Å². The predicted octanol–water partition coefficient (Wildman–Crippen LogP) is 7.06. The molecule has 6 rings (SSSR count). The van der Waals surface area contributed by atoms with Crippen molar-refractivity contribution in [3.63, 3.8) is 0 Å². The van der Waals surface area contributed by atoms with Gasteiger partial charge in [-0.25, -0.2) is 0 Å². The van der Waals surface area contributed by atoms with Crippen molar-refractivity contribution in [1.29, 1.82) is 0 Å². The van der Waals surface area contributed by atoms with Gasteiger partial charge in [0.05, 0.1) is 0 Å². The molecule has 1 aliphatic heterocycles. The molecular formula is C27H18O2. The second-order valence-electron chi connectivity index (χ2n) is 7.28. The summed E-state index contributed by atoms with van der Waals surface area (Å²) >= 11 is 0. The summed E-state index contributed by atoms with van der Waals surface area (Å²) in [5.74, 6) is 1.62. The van der Waals surface area contributed by atoms with Crippen molar-refractivity contribution in [3.8, 4) is 33.8 Å². The first-order valence-electron chi connectivity index (χ1n) is 9.79. The molecule has 0 atom stereocenters. The Kier molecular flexibility index (Phi) is 3.57. The van der Waals surface area contributed by atoms with E-state index in [4.69, 9.17) is 9.47 Å². The summed E-state index contributed by atoms with van der Waals surface area (Å²) in [6.45, 7) is 0.274. The first-order valence-corrected chi connectivity index (χ1v) is 9.79. The topological polar surface area (TPSA) is 18.5 Å². The second kappa shape index (κ2) is 6.39. The Balaban J connectivity index is 1.87. The maximum atomic E-state index is 5.73. The highest BCUT2D eigenvalue weighted by atomic mass is 16.7. The van der Waals surface area contributed by atoms with Gasteiger partial charge >= 0.3 is 0 Å². The average Bonchev–Trinajstić information content (AvgIpc) is 3.25. The van der Waals surface area contributed by atoms with E-state index in [1.165, 1.54) is 43.8 Å². The molecule has 5 aromatic carbocycles. The summed E-state index contributed by atoms with van der Waals surface area (Å²) in [6, 6.07) is 34.1. The number of benzene rings is 5. The molecular weight excluding hydrogens is 356 g/mol. The maximum Gasteiger partial charge on any atom is 0.231 e. The van der Waals surface area contributed by atoms with Gasteiger partial charge in [0, 0.05) is 0 Å². The summed E-state index contributed by atoms with van der Waals surface area (Å²) in [7, 11) is 0. The van der Waals surface area contributed by atoms with Crippen LogP contribution in [0, 0.1) is 0 Å². The Morgan fingerprint density at radius 3 is 1.55 bits per heavy atom. The third-order valence-electron chi connectivity index (χ3n) is 5.64. The van der Waals surface area contributed by atoms with E-state index < -0.39 is 0 Å². The molecule has 0 bridgehead atoms. The second-order valence-corrected chi connectivity index (χ2v) is 7.28. The fourth-order valence-electron chi connectivity index (χ4n) is 4.39. The van der Waals surface area contributed by atoms with E-state index in [1.807, 2.05) is 0 Å². The van der Waals surface area contributed by atoms with E-state index in [0.29, 0.717) is 0 Å². The van der Waals surface area contributed by atoms with Crippen LogP contribution in [0.15, 0.2) is 97.1 Å². The summed E-state index contributed by atoms with van der Waals surface area (Å²) in [5.41, 5.74) is 4.88. The van der Waals surface area contributed by atoms with Crippen LogP contribution in [0.25, 0.3) is 43.8 Å². The molecule has 138 valence electrons. The van der Waals surface area contributed by atoms with E-state index in [0.717, 1.165) is 11.5 Å². The summed E-state index contributed by atoms with van der Waals surface area (Å²) in [4.78, 5) is 0. The van der Waals surface area contributed by atoms with Gasteiger partial charge in [0.1, 0.15) is 0 Å². The van der Waals surface area contributed by atoms with Crippen molar-refractivity contribution < 1.29 is 9.47 Å². The Morgan fingerprint density at radius 2 is 0.931 bits per heavy atom. The molecule has 0 unspecified atom stereocenters. The van der Waals surface area contributed by atoms with Gasteiger partial charge in [-0.1, -0.05) is 84.9 Å². The largest absolute Gasteiger partial charge is 0.454 e. The molecule has 0 aromatic heterocycles. The van der Waals surface area contributed by atoms with Crippen molar-refractivity contribution in [2.75, 3.05) is 6.79 Å². The highest BCUT2D eigenvalue weighted by Gasteiger charge is 2.21. The van der Waals surface area contributed by atoms with E-state index >= 15 is 0 Å². The maximum absolute atomic E-state index is 5.73. The molecule has 0 N–H and O–H groups in total. The molecule has 0 spiro atoms. The van der Waals surface area contributed by atoms with Gasteiger partial charge < -0.3 is 9.47 Å². The summed E-state index contributed by atoms with van der Waals surface area (Å²) in [5, 5.41) is 4.82. The van der Waals surface area contributed by atoms with Crippen LogP contribution in [0.5, 0.6) is 11.5 Å². The van der Waals surface area contributed by atoms with Crippen LogP contribution in [0.4, 0.5) is 0 Å². The first-order chi connectivity index (χ1) is 14.4.